The summed E-state index contributed by atoms with van der Waals surface area (Å²) >= 11 is 0. The van der Waals surface area contributed by atoms with Crippen LogP contribution < -0.4 is 0 Å². The van der Waals surface area contributed by atoms with Gasteiger partial charge in [0, 0.05) is 45.0 Å². The maximum absolute atomic E-state index is 3.50. The van der Waals surface area contributed by atoms with Crippen molar-refractivity contribution in [2.24, 2.45) is 7.05 Å². The van der Waals surface area contributed by atoms with Crippen LogP contribution in [-0.2, 0) is 46.4 Å². The molecule has 0 saturated carbocycles. The second-order valence-electron chi connectivity index (χ2n) is 6.84. The number of rotatable bonds is 3. The molecule has 1 aliphatic rings. The van der Waals surface area contributed by atoms with Crippen molar-refractivity contribution in [3.63, 3.8) is 0 Å². The third-order valence-electron chi connectivity index (χ3n) is 5.15. The Morgan fingerprint density at radius 2 is 1.83 bits per heavy atom. The molecule has 0 aliphatic heterocycles. The maximum atomic E-state index is 3.50. The van der Waals surface area contributed by atoms with Crippen LogP contribution in [-0.4, -0.2) is 9.13 Å². The van der Waals surface area contributed by atoms with Crippen LogP contribution in [0.1, 0.15) is 42.0 Å². The van der Waals surface area contributed by atoms with Gasteiger partial charge in [-0.2, -0.15) is 11.6 Å². The minimum absolute atomic E-state index is 0. The molecule has 0 saturated heterocycles. The third-order valence-corrected chi connectivity index (χ3v) is 5.15. The molecule has 2 nitrogen and oxygen atoms in total. The van der Waals surface area contributed by atoms with E-state index in [1.54, 1.807) is 0 Å². The third kappa shape index (κ3) is 2.85. The molecule has 0 N–H and O–H groups in total. The summed E-state index contributed by atoms with van der Waals surface area (Å²) in [4.78, 5) is 0. The summed E-state index contributed by atoms with van der Waals surface area (Å²) in [5.74, 6) is 0. The van der Waals surface area contributed by atoms with Gasteiger partial charge in [-0.15, -0.1) is 11.6 Å². The van der Waals surface area contributed by atoms with E-state index in [0.29, 0.717) is 0 Å². The van der Waals surface area contributed by atoms with Crippen LogP contribution in [0.3, 0.4) is 0 Å². The number of fused-ring (bicyclic) bond motifs is 2. The number of aromatic nitrogens is 2. The van der Waals surface area contributed by atoms with Gasteiger partial charge in [-0.1, -0.05) is 32.8 Å². The van der Waals surface area contributed by atoms with Crippen LogP contribution in [0.5, 0.6) is 0 Å². The Labute approximate surface area is 157 Å². The van der Waals surface area contributed by atoms with Crippen molar-refractivity contribution in [2.45, 2.75) is 46.0 Å². The van der Waals surface area contributed by atoms with E-state index in [-0.39, 0.29) is 20.1 Å². The number of nitrogens with zero attached hydrogens (tertiary/aromatic N) is 2. The Balaban J connectivity index is 0.00000169. The molecule has 0 bridgehead atoms. The number of hydrogen-bond acceptors (Lipinski definition) is 0. The van der Waals surface area contributed by atoms with E-state index in [1.807, 2.05) is 0 Å². The van der Waals surface area contributed by atoms with Crippen molar-refractivity contribution >= 4 is 11.0 Å². The van der Waals surface area contributed by atoms with E-state index in [4.69, 9.17) is 0 Å². The first-order valence-electron chi connectivity index (χ1n) is 8.71. The smallest absolute Gasteiger partial charge is 0.189 e. The van der Waals surface area contributed by atoms with Gasteiger partial charge >= 0.3 is 0 Å². The molecule has 0 fully saturated rings. The van der Waals surface area contributed by atoms with E-state index in [0.717, 1.165) is 12.1 Å². The largest absolute Gasteiger partial charge is 0.248 e. The molecule has 1 aliphatic carbocycles. The predicted octanol–water partition coefficient (Wildman–Crippen LogP) is 4.80. The first kappa shape index (κ1) is 17.4. The van der Waals surface area contributed by atoms with Gasteiger partial charge in [0.15, 0.2) is 17.4 Å². The fraction of sp³-hybridized carbons (Fsp3) is 0.381. The SMILES string of the molecule is CCCc1c[c-]c(-n2[cH+]n(C)c3cc4c(cc32)CCC4)cc1C.[Ir]. The number of aryl methyl sites for hydroxylation is 5. The summed E-state index contributed by atoms with van der Waals surface area (Å²) in [7, 11) is 2.14. The van der Waals surface area contributed by atoms with E-state index in [9.17, 15) is 0 Å². The number of imidazole rings is 1. The molecule has 0 spiro atoms. The molecule has 24 heavy (non-hydrogen) atoms. The van der Waals surface area contributed by atoms with Crippen molar-refractivity contribution in [1.82, 2.24) is 9.13 Å². The van der Waals surface area contributed by atoms with Gasteiger partial charge in [0.05, 0.1) is 0 Å². The van der Waals surface area contributed by atoms with Gasteiger partial charge in [0.1, 0.15) is 0 Å². The molecular weight excluding hydrogens is 472 g/mol. The topological polar surface area (TPSA) is 9.86 Å². The Morgan fingerprint density at radius 3 is 2.50 bits per heavy atom. The fourth-order valence-corrected chi connectivity index (χ4v) is 3.86. The zero-order valence-electron chi connectivity index (χ0n) is 14.7. The summed E-state index contributed by atoms with van der Waals surface area (Å²) in [5, 5.41) is 0. The normalized spacial score (nSPS) is 13.1. The molecule has 1 heterocycles. The molecule has 0 unspecified atom stereocenters. The quantitative estimate of drug-likeness (QED) is 0.461. The Kier molecular flexibility index (Phi) is 4.94. The van der Waals surface area contributed by atoms with Gasteiger partial charge in [-0.05, 0) is 30.4 Å². The van der Waals surface area contributed by atoms with E-state index in [1.165, 1.54) is 59.0 Å². The molecule has 1 aromatic heterocycles. The average molecular weight is 497 g/mol. The molecule has 0 atom stereocenters. The molecular formula is C21H24IrN2. The van der Waals surface area contributed by atoms with Crippen LogP contribution >= 0.6 is 0 Å². The summed E-state index contributed by atoms with van der Waals surface area (Å²) in [5.41, 5.74) is 9.59. The van der Waals surface area contributed by atoms with Gasteiger partial charge < -0.3 is 0 Å². The fourth-order valence-electron chi connectivity index (χ4n) is 3.86. The molecule has 4 rings (SSSR count). The standard InChI is InChI=1S/C21H24N2.Ir/c1-4-6-16-9-10-19(11-15(16)2)23-14-22(3)20-12-17-7-5-8-18(17)13-21(20)23;/h9,11-14H,4-8H2,1-3H3;. The summed E-state index contributed by atoms with van der Waals surface area (Å²) in [6.45, 7) is 4.44. The second kappa shape index (κ2) is 6.82. The Morgan fingerprint density at radius 1 is 1.12 bits per heavy atom. The van der Waals surface area contributed by atoms with Crippen LogP contribution in [0.15, 0.2) is 30.6 Å². The van der Waals surface area contributed by atoms with Crippen LogP contribution in [0.25, 0.3) is 16.7 Å². The predicted molar refractivity (Wildman–Crippen MR) is 96.2 cm³/mol. The first-order valence-corrected chi connectivity index (χ1v) is 8.71. The Bertz CT molecular complexity index is 892. The molecule has 0 amide bonds. The summed E-state index contributed by atoms with van der Waals surface area (Å²) < 4.78 is 4.52. The molecule has 3 heteroatoms. The summed E-state index contributed by atoms with van der Waals surface area (Å²) in [6, 6.07) is 12.7. The van der Waals surface area contributed by atoms with E-state index in [2.05, 4.69) is 66.7 Å². The summed E-state index contributed by atoms with van der Waals surface area (Å²) in [6.07, 6.45) is 8.25. The van der Waals surface area contributed by atoms with Crippen molar-refractivity contribution in [3.8, 4) is 5.69 Å². The second-order valence-corrected chi connectivity index (χ2v) is 6.84. The number of hydrogen-bond donors (Lipinski definition) is 0. The van der Waals surface area contributed by atoms with Crippen molar-refractivity contribution in [2.75, 3.05) is 0 Å². The van der Waals surface area contributed by atoms with Gasteiger partial charge in [-0.25, -0.2) is 9.13 Å². The molecule has 127 valence electrons. The van der Waals surface area contributed by atoms with Gasteiger partial charge in [0.2, 0.25) is 0 Å². The molecule has 1 radical (unpaired) electrons. The monoisotopic (exact) mass is 497 g/mol. The van der Waals surface area contributed by atoms with Crippen molar-refractivity contribution < 1.29 is 20.1 Å². The van der Waals surface area contributed by atoms with Crippen molar-refractivity contribution in [3.05, 3.63) is 58.9 Å². The van der Waals surface area contributed by atoms with E-state index < -0.39 is 0 Å². The van der Waals surface area contributed by atoms with Crippen molar-refractivity contribution in [1.29, 1.82) is 0 Å². The van der Waals surface area contributed by atoms with Gasteiger partial charge in [-0.3, -0.25) is 0 Å². The molecule has 2 aromatic carbocycles. The maximum Gasteiger partial charge on any atom is 0.189 e. The minimum atomic E-state index is 0. The minimum Gasteiger partial charge on any atom is -0.248 e. The van der Waals surface area contributed by atoms with Crippen LogP contribution in [0, 0.1) is 13.0 Å². The van der Waals surface area contributed by atoms with Crippen LogP contribution in [0.2, 0.25) is 0 Å². The van der Waals surface area contributed by atoms with E-state index >= 15 is 0 Å². The average Bonchev–Trinajstić information content (AvgIpc) is 3.12. The number of benzene rings is 2. The van der Waals surface area contributed by atoms with Gasteiger partial charge in [0.25, 0.3) is 0 Å². The van der Waals surface area contributed by atoms with Crippen LogP contribution in [0.4, 0.5) is 0 Å². The zero-order chi connectivity index (χ0) is 16.0. The molecule has 3 aromatic rings. The first-order chi connectivity index (χ1) is 11.2. The Hall–Kier alpha value is -1.44. The zero-order valence-corrected chi connectivity index (χ0v) is 17.0.